The van der Waals surface area contributed by atoms with Crippen LogP contribution in [0.1, 0.15) is 19.8 Å². The molecule has 1 nitrogen and oxygen atoms in total. The highest BCUT2D eigenvalue weighted by Gasteiger charge is 2.29. The maximum Gasteiger partial charge on any atom is 0.0404 e. The third-order valence-electron chi connectivity index (χ3n) is 2.65. The Morgan fingerprint density at radius 3 is 2.67 bits per heavy atom. The van der Waals surface area contributed by atoms with Crippen molar-refractivity contribution in [2.75, 3.05) is 19.5 Å². The molecule has 1 saturated carbocycles. The first kappa shape index (κ1) is 10.1. The van der Waals surface area contributed by atoms with Gasteiger partial charge in [0, 0.05) is 18.5 Å². The van der Waals surface area contributed by atoms with Crippen molar-refractivity contribution in [3.05, 3.63) is 12.2 Å². The standard InChI is InChI=1S/C10H18ClN/c1-9(10-5-6-10)12(2)8-4-3-7-11/h3-4,9-10H,5-8H2,1-2H3. The highest BCUT2D eigenvalue weighted by atomic mass is 35.5. The minimum absolute atomic E-state index is 0.631. The summed E-state index contributed by atoms with van der Waals surface area (Å²) in [4.78, 5) is 2.39. The Hall–Kier alpha value is -0.0100. The molecule has 0 radical (unpaired) electrons. The number of nitrogens with zero attached hydrogens (tertiary/aromatic N) is 1. The molecule has 0 spiro atoms. The summed E-state index contributed by atoms with van der Waals surface area (Å²) in [6, 6.07) is 0.741. The SMILES string of the molecule is CC(C1CC1)N(C)CC=CCCl. The van der Waals surface area contributed by atoms with Gasteiger partial charge in [-0.15, -0.1) is 11.6 Å². The summed E-state index contributed by atoms with van der Waals surface area (Å²) < 4.78 is 0. The molecular weight excluding hydrogens is 170 g/mol. The maximum atomic E-state index is 5.53. The van der Waals surface area contributed by atoms with Crippen molar-refractivity contribution in [2.24, 2.45) is 5.92 Å². The van der Waals surface area contributed by atoms with Gasteiger partial charge in [-0.25, -0.2) is 0 Å². The lowest BCUT2D eigenvalue weighted by atomic mass is 10.2. The molecule has 1 rings (SSSR count). The number of likely N-dealkylation sites (N-methyl/N-ethyl adjacent to an activating group) is 1. The van der Waals surface area contributed by atoms with Gasteiger partial charge in [-0.3, -0.25) is 4.90 Å². The summed E-state index contributed by atoms with van der Waals surface area (Å²) in [6.45, 7) is 3.34. The van der Waals surface area contributed by atoms with E-state index in [0.29, 0.717) is 5.88 Å². The molecule has 0 aliphatic heterocycles. The number of allylic oxidation sites excluding steroid dienone is 1. The molecule has 1 fully saturated rings. The van der Waals surface area contributed by atoms with E-state index in [0.717, 1.165) is 18.5 Å². The second-order valence-corrected chi connectivity index (χ2v) is 3.95. The van der Waals surface area contributed by atoms with Crippen LogP contribution in [0.15, 0.2) is 12.2 Å². The average molecular weight is 188 g/mol. The van der Waals surface area contributed by atoms with Crippen LogP contribution < -0.4 is 0 Å². The van der Waals surface area contributed by atoms with Gasteiger partial charge in [-0.1, -0.05) is 12.2 Å². The second kappa shape index (κ2) is 4.88. The Morgan fingerprint density at radius 1 is 1.50 bits per heavy atom. The van der Waals surface area contributed by atoms with Crippen LogP contribution in [0.5, 0.6) is 0 Å². The number of alkyl halides is 1. The molecule has 0 aromatic heterocycles. The number of halogens is 1. The van der Waals surface area contributed by atoms with E-state index in [1.807, 2.05) is 6.08 Å². The number of hydrogen-bond donors (Lipinski definition) is 0. The molecule has 0 N–H and O–H groups in total. The fourth-order valence-corrected chi connectivity index (χ4v) is 1.53. The van der Waals surface area contributed by atoms with Crippen molar-refractivity contribution < 1.29 is 0 Å². The van der Waals surface area contributed by atoms with Crippen LogP contribution in [0.3, 0.4) is 0 Å². The van der Waals surface area contributed by atoms with Crippen molar-refractivity contribution >= 4 is 11.6 Å². The van der Waals surface area contributed by atoms with Crippen LogP contribution >= 0.6 is 11.6 Å². The third-order valence-corrected chi connectivity index (χ3v) is 2.83. The molecular formula is C10H18ClN. The molecule has 0 aromatic carbocycles. The minimum atomic E-state index is 0.631. The van der Waals surface area contributed by atoms with Crippen LogP contribution in [-0.2, 0) is 0 Å². The fraction of sp³-hybridized carbons (Fsp3) is 0.800. The van der Waals surface area contributed by atoms with Crippen molar-refractivity contribution in [2.45, 2.75) is 25.8 Å². The maximum absolute atomic E-state index is 5.53. The summed E-state index contributed by atoms with van der Waals surface area (Å²) in [6.07, 6.45) is 7.00. The number of rotatable bonds is 5. The fourth-order valence-electron chi connectivity index (χ4n) is 1.41. The zero-order valence-corrected chi connectivity index (χ0v) is 8.72. The van der Waals surface area contributed by atoms with Crippen molar-refractivity contribution in [3.8, 4) is 0 Å². The molecule has 1 atom stereocenters. The molecule has 0 heterocycles. The quantitative estimate of drug-likeness (QED) is 0.472. The highest BCUT2D eigenvalue weighted by molar-refractivity contribution is 6.18. The van der Waals surface area contributed by atoms with Gasteiger partial charge < -0.3 is 0 Å². The molecule has 0 saturated heterocycles. The van der Waals surface area contributed by atoms with Gasteiger partial charge in [0.15, 0.2) is 0 Å². The predicted molar refractivity (Wildman–Crippen MR) is 54.7 cm³/mol. The van der Waals surface area contributed by atoms with Gasteiger partial charge in [-0.05, 0) is 32.7 Å². The Morgan fingerprint density at radius 2 is 2.17 bits per heavy atom. The molecule has 0 amide bonds. The molecule has 2 heteroatoms. The topological polar surface area (TPSA) is 3.24 Å². The summed E-state index contributed by atoms with van der Waals surface area (Å²) in [5.74, 6) is 1.59. The molecule has 1 aliphatic rings. The van der Waals surface area contributed by atoms with Gasteiger partial charge in [0.25, 0.3) is 0 Å². The summed E-state index contributed by atoms with van der Waals surface area (Å²) in [5.41, 5.74) is 0. The molecule has 70 valence electrons. The highest BCUT2D eigenvalue weighted by Crippen LogP contribution is 2.34. The van der Waals surface area contributed by atoms with E-state index in [9.17, 15) is 0 Å². The lowest BCUT2D eigenvalue weighted by Gasteiger charge is -2.22. The van der Waals surface area contributed by atoms with Gasteiger partial charge in [-0.2, -0.15) is 0 Å². The van der Waals surface area contributed by atoms with Gasteiger partial charge in [0.2, 0.25) is 0 Å². The normalized spacial score (nSPS) is 20.7. The summed E-state index contributed by atoms with van der Waals surface area (Å²) >= 11 is 5.53. The van der Waals surface area contributed by atoms with E-state index < -0.39 is 0 Å². The van der Waals surface area contributed by atoms with Crippen LogP contribution in [0, 0.1) is 5.92 Å². The van der Waals surface area contributed by atoms with E-state index in [1.54, 1.807) is 0 Å². The molecule has 12 heavy (non-hydrogen) atoms. The van der Waals surface area contributed by atoms with Crippen LogP contribution in [0.25, 0.3) is 0 Å². The van der Waals surface area contributed by atoms with E-state index in [2.05, 4.69) is 24.9 Å². The molecule has 0 aromatic rings. The Labute approximate surface area is 80.4 Å². The van der Waals surface area contributed by atoms with Gasteiger partial charge >= 0.3 is 0 Å². The van der Waals surface area contributed by atoms with E-state index in [4.69, 9.17) is 11.6 Å². The second-order valence-electron chi connectivity index (χ2n) is 3.64. The molecule has 1 unspecified atom stereocenters. The zero-order valence-electron chi connectivity index (χ0n) is 7.96. The predicted octanol–water partition coefficient (Wildman–Crippen LogP) is 2.51. The average Bonchev–Trinajstić information content (AvgIpc) is 2.86. The molecule has 1 aliphatic carbocycles. The van der Waals surface area contributed by atoms with Crippen LogP contribution in [0.2, 0.25) is 0 Å². The minimum Gasteiger partial charge on any atom is -0.300 e. The summed E-state index contributed by atoms with van der Waals surface area (Å²) in [7, 11) is 2.18. The smallest absolute Gasteiger partial charge is 0.0404 e. The van der Waals surface area contributed by atoms with Gasteiger partial charge in [0.1, 0.15) is 0 Å². The monoisotopic (exact) mass is 187 g/mol. The first-order valence-electron chi connectivity index (χ1n) is 4.67. The van der Waals surface area contributed by atoms with Crippen molar-refractivity contribution in [1.82, 2.24) is 4.90 Å². The Balaban J connectivity index is 2.17. The number of hydrogen-bond acceptors (Lipinski definition) is 1. The van der Waals surface area contributed by atoms with Crippen LogP contribution in [-0.4, -0.2) is 30.4 Å². The largest absolute Gasteiger partial charge is 0.300 e. The lowest BCUT2D eigenvalue weighted by Crippen LogP contribution is -2.30. The Kier molecular flexibility index (Phi) is 4.10. The van der Waals surface area contributed by atoms with E-state index in [-0.39, 0.29) is 0 Å². The Bertz CT molecular complexity index is 152. The lowest BCUT2D eigenvalue weighted by molar-refractivity contribution is 0.258. The first-order chi connectivity index (χ1) is 5.75. The van der Waals surface area contributed by atoms with Gasteiger partial charge in [0.05, 0.1) is 0 Å². The first-order valence-corrected chi connectivity index (χ1v) is 5.20. The van der Waals surface area contributed by atoms with E-state index >= 15 is 0 Å². The van der Waals surface area contributed by atoms with Crippen molar-refractivity contribution in [1.29, 1.82) is 0 Å². The van der Waals surface area contributed by atoms with Crippen molar-refractivity contribution in [3.63, 3.8) is 0 Å². The molecule has 0 bridgehead atoms. The zero-order chi connectivity index (χ0) is 8.97. The third kappa shape index (κ3) is 3.16. The summed E-state index contributed by atoms with van der Waals surface area (Å²) in [5, 5.41) is 0. The van der Waals surface area contributed by atoms with E-state index in [1.165, 1.54) is 12.8 Å². The van der Waals surface area contributed by atoms with Crippen LogP contribution in [0.4, 0.5) is 0 Å².